The van der Waals surface area contributed by atoms with Crippen molar-refractivity contribution in [3.05, 3.63) is 39.4 Å². The minimum atomic E-state index is 0.537. The molecular weight excluding hydrogens is 238 g/mol. The van der Waals surface area contributed by atoms with Crippen molar-refractivity contribution in [2.24, 2.45) is 0 Å². The quantitative estimate of drug-likeness (QED) is 0.660. The number of hydrogen-bond donors (Lipinski definition) is 0. The van der Waals surface area contributed by atoms with Gasteiger partial charge in [-0.1, -0.05) is 47.8 Å². The van der Waals surface area contributed by atoms with Crippen molar-refractivity contribution >= 4 is 40.9 Å². The third-order valence-electron chi connectivity index (χ3n) is 1.95. The van der Waals surface area contributed by atoms with Gasteiger partial charge in [0.05, 0.1) is 0 Å². The maximum absolute atomic E-state index is 6.02. The van der Waals surface area contributed by atoms with Gasteiger partial charge in [-0.3, -0.25) is 0 Å². The van der Waals surface area contributed by atoms with Gasteiger partial charge in [0.2, 0.25) is 0 Å². The molecule has 14 heavy (non-hydrogen) atoms. The summed E-state index contributed by atoms with van der Waals surface area (Å²) >= 11 is 17.6. The number of halogens is 3. The van der Waals surface area contributed by atoms with Gasteiger partial charge in [-0.2, -0.15) is 0 Å². The van der Waals surface area contributed by atoms with Gasteiger partial charge in [0.25, 0.3) is 0 Å². The molecule has 3 heteroatoms. The maximum Gasteiger partial charge on any atom is 0.0493 e. The molecule has 1 aromatic rings. The molecule has 0 spiro atoms. The van der Waals surface area contributed by atoms with Crippen LogP contribution in [-0.4, -0.2) is 5.88 Å². The van der Waals surface area contributed by atoms with E-state index < -0.39 is 0 Å². The summed E-state index contributed by atoms with van der Waals surface area (Å²) in [6.07, 6.45) is 2.94. The lowest BCUT2D eigenvalue weighted by Gasteiger charge is -2.02. The van der Waals surface area contributed by atoms with E-state index in [-0.39, 0.29) is 0 Å². The summed E-state index contributed by atoms with van der Waals surface area (Å²) in [6.45, 7) is 2.07. The zero-order valence-electron chi connectivity index (χ0n) is 7.86. The predicted molar refractivity (Wildman–Crippen MR) is 65.5 cm³/mol. The first-order valence-corrected chi connectivity index (χ1v) is 5.67. The first-order valence-electron chi connectivity index (χ1n) is 4.37. The zero-order chi connectivity index (χ0) is 10.6. The molecule has 0 bridgehead atoms. The van der Waals surface area contributed by atoms with Crippen LogP contribution in [0.25, 0.3) is 6.08 Å². The Kier molecular flexibility index (Phi) is 4.80. The van der Waals surface area contributed by atoms with Crippen molar-refractivity contribution in [2.75, 3.05) is 5.88 Å². The molecule has 1 aromatic carbocycles. The lowest BCUT2D eigenvalue weighted by molar-refractivity contribution is 1.12. The summed E-state index contributed by atoms with van der Waals surface area (Å²) in [5.41, 5.74) is 2.13. The van der Waals surface area contributed by atoms with E-state index in [2.05, 4.69) is 6.92 Å². The van der Waals surface area contributed by atoms with Gasteiger partial charge in [-0.15, -0.1) is 11.6 Å². The Bertz CT molecular complexity index is 336. The molecule has 0 nitrogen and oxygen atoms in total. The normalized spacial score (nSPS) is 11.9. The lowest BCUT2D eigenvalue weighted by Crippen LogP contribution is -1.83. The fourth-order valence-corrected chi connectivity index (χ4v) is 1.80. The number of alkyl halides is 1. The number of hydrogen-bond acceptors (Lipinski definition) is 0. The highest BCUT2D eigenvalue weighted by Crippen LogP contribution is 2.23. The summed E-state index contributed by atoms with van der Waals surface area (Å²) in [5.74, 6) is 0.537. The molecule has 0 radical (unpaired) electrons. The van der Waals surface area contributed by atoms with Crippen LogP contribution in [0, 0.1) is 0 Å². The molecule has 0 aromatic heterocycles. The first kappa shape index (κ1) is 11.9. The molecule has 0 amide bonds. The van der Waals surface area contributed by atoms with Crippen LogP contribution in [0.5, 0.6) is 0 Å². The summed E-state index contributed by atoms with van der Waals surface area (Å²) in [7, 11) is 0. The van der Waals surface area contributed by atoms with Crippen molar-refractivity contribution in [3.63, 3.8) is 0 Å². The molecule has 0 saturated heterocycles. The molecule has 0 fully saturated rings. The van der Waals surface area contributed by atoms with E-state index in [1.54, 1.807) is 6.07 Å². The average molecular weight is 250 g/mol. The minimum Gasteiger partial charge on any atom is -0.122 e. The molecule has 0 aliphatic carbocycles. The summed E-state index contributed by atoms with van der Waals surface area (Å²) < 4.78 is 0. The maximum atomic E-state index is 6.02. The third-order valence-corrected chi connectivity index (χ3v) is 2.85. The molecule has 1 rings (SSSR count). The standard InChI is InChI=1S/C11H11Cl3/c1-2-8(7-12)5-9-3-4-10(13)6-11(9)14/h3-6H,2,7H2,1H3/b8-5-. The Morgan fingerprint density at radius 3 is 2.57 bits per heavy atom. The summed E-state index contributed by atoms with van der Waals surface area (Å²) in [5, 5.41) is 1.31. The topological polar surface area (TPSA) is 0 Å². The second kappa shape index (κ2) is 5.65. The van der Waals surface area contributed by atoms with E-state index in [0.717, 1.165) is 17.6 Å². The largest absolute Gasteiger partial charge is 0.122 e. The van der Waals surface area contributed by atoms with E-state index in [1.807, 2.05) is 18.2 Å². The Hall–Kier alpha value is -0.170. The molecule has 0 aliphatic heterocycles. The highest BCUT2D eigenvalue weighted by molar-refractivity contribution is 6.35. The SMILES string of the molecule is CC/C(=C/c1ccc(Cl)cc1Cl)CCl. The second-order valence-electron chi connectivity index (χ2n) is 2.96. The molecule has 76 valence electrons. The summed E-state index contributed by atoms with van der Waals surface area (Å²) in [4.78, 5) is 0. The van der Waals surface area contributed by atoms with E-state index in [0.29, 0.717) is 15.9 Å². The molecule has 0 N–H and O–H groups in total. The lowest BCUT2D eigenvalue weighted by atomic mass is 10.1. The van der Waals surface area contributed by atoms with Crippen LogP contribution in [0.15, 0.2) is 23.8 Å². The van der Waals surface area contributed by atoms with Gasteiger partial charge < -0.3 is 0 Å². The number of rotatable bonds is 3. The fourth-order valence-electron chi connectivity index (χ4n) is 1.07. The van der Waals surface area contributed by atoms with Crippen LogP contribution in [0.1, 0.15) is 18.9 Å². The second-order valence-corrected chi connectivity index (χ2v) is 4.07. The zero-order valence-corrected chi connectivity index (χ0v) is 10.1. The predicted octanol–water partition coefficient (Wildman–Crippen LogP) is 5.03. The Morgan fingerprint density at radius 2 is 2.07 bits per heavy atom. The fraction of sp³-hybridized carbons (Fsp3) is 0.273. The van der Waals surface area contributed by atoms with Crippen LogP contribution < -0.4 is 0 Å². The molecular formula is C11H11Cl3. The van der Waals surface area contributed by atoms with Gasteiger partial charge in [0.1, 0.15) is 0 Å². The van der Waals surface area contributed by atoms with Crippen molar-refractivity contribution in [3.8, 4) is 0 Å². The van der Waals surface area contributed by atoms with Gasteiger partial charge in [-0.25, -0.2) is 0 Å². The Labute approximate surface area is 99.5 Å². The molecule has 0 heterocycles. The van der Waals surface area contributed by atoms with Gasteiger partial charge >= 0.3 is 0 Å². The molecule has 0 unspecified atom stereocenters. The van der Waals surface area contributed by atoms with E-state index >= 15 is 0 Å². The van der Waals surface area contributed by atoms with Gasteiger partial charge in [0.15, 0.2) is 0 Å². The van der Waals surface area contributed by atoms with Gasteiger partial charge in [-0.05, 0) is 24.1 Å². The summed E-state index contributed by atoms with van der Waals surface area (Å²) in [6, 6.07) is 5.45. The van der Waals surface area contributed by atoms with E-state index in [4.69, 9.17) is 34.8 Å². The molecule has 0 atom stereocenters. The Morgan fingerprint density at radius 1 is 1.36 bits per heavy atom. The Balaban J connectivity index is 3.02. The molecule has 0 aliphatic rings. The van der Waals surface area contributed by atoms with Gasteiger partial charge in [0, 0.05) is 15.9 Å². The van der Waals surface area contributed by atoms with Crippen molar-refractivity contribution in [1.29, 1.82) is 0 Å². The highest BCUT2D eigenvalue weighted by atomic mass is 35.5. The minimum absolute atomic E-state index is 0.537. The average Bonchev–Trinajstić information content (AvgIpc) is 2.17. The number of benzene rings is 1. The van der Waals surface area contributed by atoms with Crippen LogP contribution >= 0.6 is 34.8 Å². The van der Waals surface area contributed by atoms with E-state index in [1.165, 1.54) is 0 Å². The first-order chi connectivity index (χ1) is 6.67. The molecule has 0 saturated carbocycles. The van der Waals surface area contributed by atoms with Crippen LogP contribution in [0.2, 0.25) is 10.0 Å². The monoisotopic (exact) mass is 248 g/mol. The van der Waals surface area contributed by atoms with Crippen molar-refractivity contribution < 1.29 is 0 Å². The van der Waals surface area contributed by atoms with Crippen molar-refractivity contribution in [2.45, 2.75) is 13.3 Å². The highest BCUT2D eigenvalue weighted by Gasteiger charge is 1.99. The van der Waals surface area contributed by atoms with Crippen LogP contribution in [0.3, 0.4) is 0 Å². The number of allylic oxidation sites excluding steroid dienone is 1. The van der Waals surface area contributed by atoms with Crippen LogP contribution in [0.4, 0.5) is 0 Å². The third kappa shape index (κ3) is 3.20. The van der Waals surface area contributed by atoms with Crippen molar-refractivity contribution in [1.82, 2.24) is 0 Å². The van der Waals surface area contributed by atoms with E-state index in [9.17, 15) is 0 Å². The van der Waals surface area contributed by atoms with Crippen LogP contribution in [-0.2, 0) is 0 Å². The smallest absolute Gasteiger partial charge is 0.0493 e.